The van der Waals surface area contributed by atoms with Crippen molar-refractivity contribution < 1.29 is 14.8 Å². The number of piperidine rings is 1. The molecule has 2 aliphatic heterocycles. The van der Waals surface area contributed by atoms with Crippen molar-refractivity contribution in [1.29, 1.82) is 0 Å². The molecule has 1 saturated heterocycles. The molecule has 5 heteroatoms. The fourth-order valence-corrected chi connectivity index (χ4v) is 4.20. The molecule has 26 heavy (non-hydrogen) atoms. The van der Waals surface area contributed by atoms with Crippen LogP contribution in [0.1, 0.15) is 52.9 Å². The maximum atomic E-state index is 13.1. The van der Waals surface area contributed by atoms with Gasteiger partial charge in [-0.25, -0.2) is 4.79 Å². The van der Waals surface area contributed by atoms with Crippen molar-refractivity contribution in [2.45, 2.75) is 58.4 Å². The first kappa shape index (κ1) is 19.1. The smallest absolute Gasteiger partial charge is 0.340 e. The maximum Gasteiger partial charge on any atom is 0.340 e. The van der Waals surface area contributed by atoms with Gasteiger partial charge < -0.3 is 10.1 Å². The quantitative estimate of drug-likeness (QED) is 0.792. The van der Waals surface area contributed by atoms with Gasteiger partial charge in [0, 0.05) is 18.8 Å². The number of hydrogen-bond acceptors (Lipinski definition) is 4. The van der Waals surface area contributed by atoms with E-state index in [-0.39, 0.29) is 17.4 Å². The first-order chi connectivity index (χ1) is 12.6. The third-order valence-corrected chi connectivity index (χ3v) is 5.87. The summed E-state index contributed by atoms with van der Waals surface area (Å²) in [5.41, 5.74) is 2.68. The highest BCUT2D eigenvalue weighted by Crippen LogP contribution is 2.29. The molecule has 0 aromatic heterocycles. The molecule has 0 saturated carbocycles. The van der Waals surface area contributed by atoms with Crippen LogP contribution in [0.25, 0.3) is 0 Å². The van der Waals surface area contributed by atoms with Crippen LogP contribution < -0.4 is 10.6 Å². The number of rotatable bonds is 5. The summed E-state index contributed by atoms with van der Waals surface area (Å²) in [4.78, 5) is 18.0. The molecule has 142 valence electrons. The number of primary amides is 1. The monoisotopic (exact) mass is 358 g/mol. The lowest BCUT2D eigenvalue weighted by Gasteiger charge is -2.33. The number of nitrogens with two attached hydrogens (primary N) is 1. The molecule has 2 heterocycles. The molecule has 0 spiro atoms. The molecule has 3 rings (SSSR count). The van der Waals surface area contributed by atoms with E-state index in [1.165, 1.54) is 0 Å². The van der Waals surface area contributed by atoms with Crippen molar-refractivity contribution in [2.75, 3.05) is 19.7 Å². The summed E-state index contributed by atoms with van der Waals surface area (Å²) in [6.07, 6.45) is 11.1. The first-order valence-electron chi connectivity index (χ1n) is 9.99. The second kappa shape index (κ2) is 8.31. The van der Waals surface area contributed by atoms with Crippen molar-refractivity contribution >= 4 is 11.6 Å². The van der Waals surface area contributed by atoms with Crippen LogP contribution in [0.3, 0.4) is 0 Å². The normalized spacial score (nSPS) is 28.8. The van der Waals surface area contributed by atoms with Crippen LogP contribution in [0.15, 0.2) is 40.2 Å². The summed E-state index contributed by atoms with van der Waals surface area (Å²) in [5, 5.41) is 5.45. The summed E-state index contributed by atoms with van der Waals surface area (Å²) in [5.74, 6) is 1.25. The first-order valence-corrected chi connectivity index (χ1v) is 9.99. The molecule has 1 fully saturated rings. The van der Waals surface area contributed by atoms with Gasteiger partial charge in [0.25, 0.3) is 0 Å². The molecule has 5 nitrogen and oxygen atoms in total. The van der Waals surface area contributed by atoms with Gasteiger partial charge in [-0.1, -0.05) is 19.1 Å². The van der Waals surface area contributed by atoms with Gasteiger partial charge in [0.2, 0.25) is 0 Å². The Morgan fingerprint density at radius 2 is 2.31 bits per heavy atom. The molecular formula is C21H32N3O2+. The van der Waals surface area contributed by atoms with Crippen molar-refractivity contribution in [3.8, 4) is 0 Å². The number of ether oxygens (including phenoxy) is 1. The van der Waals surface area contributed by atoms with Gasteiger partial charge in [-0.3, -0.25) is 10.3 Å². The van der Waals surface area contributed by atoms with Crippen molar-refractivity contribution in [3.05, 3.63) is 35.3 Å². The van der Waals surface area contributed by atoms with E-state index in [1.54, 1.807) is 0 Å². The van der Waals surface area contributed by atoms with E-state index < -0.39 is 0 Å². The second-order valence-electron chi connectivity index (χ2n) is 7.56. The minimum atomic E-state index is -0.00882. The van der Waals surface area contributed by atoms with Crippen LogP contribution >= 0.6 is 0 Å². The lowest BCUT2D eigenvalue weighted by atomic mass is 9.86. The van der Waals surface area contributed by atoms with Crippen LogP contribution in [0.4, 0.5) is 0 Å². The summed E-state index contributed by atoms with van der Waals surface area (Å²) in [6, 6.07) is 0. The maximum absolute atomic E-state index is 13.1. The van der Waals surface area contributed by atoms with Gasteiger partial charge in [-0.15, -0.1) is 0 Å². The molecule has 2 unspecified atom stereocenters. The minimum absolute atomic E-state index is 0.00882. The number of aliphatic imine (C=N–C) groups is 1. The van der Waals surface area contributed by atoms with Gasteiger partial charge >= 0.3 is 5.91 Å². The van der Waals surface area contributed by atoms with E-state index in [0.717, 1.165) is 67.9 Å². The summed E-state index contributed by atoms with van der Waals surface area (Å²) in [6.45, 7) is 8.72. The standard InChI is InChI=1S/C21H31N3O2/c1-4-21(12-7-13-22-14-21)24-20(25)17-11-10-16-8-6-9-18(26-5-2)19(16)23-15(17)3/h6,8-9,16,22H,4-5,7,10-14H2,1-3H3,(H,24,25)/p+1. The SMILES string of the molecule is CCOC1=CC=CC2CCC(C(=O)[NH2+]C3(CC)CCCNC3)=C(C)N=C12. The number of allylic oxidation sites excluding steroid dienone is 5. The van der Waals surface area contributed by atoms with Crippen LogP contribution in [0, 0.1) is 5.92 Å². The third kappa shape index (κ3) is 3.99. The minimum Gasteiger partial charge on any atom is -0.492 e. The highest BCUT2D eigenvalue weighted by molar-refractivity contribution is 6.04. The zero-order valence-corrected chi connectivity index (χ0v) is 16.3. The van der Waals surface area contributed by atoms with Crippen LogP contribution in [-0.4, -0.2) is 36.9 Å². The number of nitrogens with zero attached hydrogens (tertiary/aromatic N) is 1. The third-order valence-electron chi connectivity index (χ3n) is 5.87. The average molecular weight is 359 g/mol. The number of hydrogen-bond donors (Lipinski definition) is 2. The number of carbonyl (C=O) groups is 1. The number of fused-ring (bicyclic) bond motifs is 1. The molecule has 0 aromatic carbocycles. The number of nitrogens with one attached hydrogen (secondary N) is 1. The molecule has 0 aromatic rings. The van der Waals surface area contributed by atoms with Gasteiger partial charge in [0.05, 0.1) is 30.1 Å². The molecule has 3 aliphatic rings. The van der Waals surface area contributed by atoms with Crippen molar-refractivity contribution in [1.82, 2.24) is 5.32 Å². The molecule has 0 bridgehead atoms. The molecule has 1 amide bonds. The van der Waals surface area contributed by atoms with E-state index in [4.69, 9.17) is 9.73 Å². The van der Waals surface area contributed by atoms with E-state index >= 15 is 0 Å². The largest absolute Gasteiger partial charge is 0.492 e. The molecular weight excluding hydrogens is 326 g/mol. The Morgan fingerprint density at radius 1 is 1.46 bits per heavy atom. The molecule has 3 N–H and O–H groups in total. The highest BCUT2D eigenvalue weighted by atomic mass is 16.5. The van der Waals surface area contributed by atoms with Crippen LogP contribution in [0.2, 0.25) is 0 Å². The predicted molar refractivity (Wildman–Crippen MR) is 104 cm³/mol. The van der Waals surface area contributed by atoms with Crippen molar-refractivity contribution in [2.24, 2.45) is 10.9 Å². The van der Waals surface area contributed by atoms with E-state index in [0.29, 0.717) is 6.61 Å². The van der Waals surface area contributed by atoms with E-state index in [9.17, 15) is 4.79 Å². The molecule has 1 aliphatic carbocycles. The number of amides is 1. The lowest BCUT2D eigenvalue weighted by Crippen LogP contribution is -3.02. The van der Waals surface area contributed by atoms with Crippen LogP contribution in [0.5, 0.6) is 0 Å². The summed E-state index contributed by atoms with van der Waals surface area (Å²) < 4.78 is 5.76. The van der Waals surface area contributed by atoms with Gasteiger partial charge in [0.1, 0.15) is 11.3 Å². The fraction of sp³-hybridized carbons (Fsp3) is 0.619. The Kier molecular flexibility index (Phi) is 6.09. The van der Waals surface area contributed by atoms with Crippen molar-refractivity contribution in [3.63, 3.8) is 0 Å². The van der Waals surface area contributed by atoms with Gasteiger partial charge in [0.15, 0.2) is 0 Å². The highest BCUT2D eigenvalue weighted by Gasteiger charge is 2.38. The topological polar surface area (TPSA) is 67.3 Å². The van der Waals surface area contributed by atoms with E-state index in [1.807, 2.05) is 31.3 Å². The van der Waals surface area contributed by atoms with Gasteiger partial charge in [-0.05, 0) is 45.7 Å². The average Bonchev–Trinajstić information content (AvgIpc) is 2.82. The van der Waals surface area contributed by atoms with Gasteiger partial charge in [-0.2, -0.15) is 0 Å². The Hall–Kier alpha value is -1.72. The Labute approximate surface area is 156 Å². The number of carbonyl (C=O) groups excluding carboxylic acids is 1. The number of quaternary nitrogens is 1. The fourth-order valence-electron chi connectivity index (χ4n) is 4.20. The Morgan fingerprint density at radius 3 is 3.00 bits per heavy atom. The Bertz CT molecular complexity index is 667. The Balaban J connectivity index is 1.81. The summed E-state index contributed by atoms with van der Waals surface area (Å²) >= 11 is 0. The molecule has 2 atom stereocenters. The predicted octanol–water partition coefficient (Wildman–Crippen LogP) is 2.22. The summed E-state index contributed by atoms with van der Waals surface area (Å²) in [7, 11) is 0. The zero-order valence-electron chi connectivity index (χ0n) is 16.3. The second-order valence-corrected chi connectivity index (χ2v) is 7.56. The van der Waals surface area contributed by atoms with Crippen LogP contribution in [-0.2, 0) is 9.53 Å². The molecule has 0 radical (unpaired) electrons. The lowest BCUT2D eigenvalue weighted by molar-refractivity contribution is -0.646. The zero-order chi connectivity index (χ0) is 18.6. The van der Waals surface area contributed by atoms with E-state index in [2.05, 4.69) is 18.3 Å².